The van der Waals surface area contributed by atoms with Crippen molar-refractivity contribution in [1.29, 1.82) is 0 Å². The molecule has 22 heavy (non-hydrogen) atoms. The quantitative estimate of drug-likeness (QED) is 0.759. The molecule has 5 nitrogen and oxygen atoms in total. The summed E-state index contributed by atoms with van der Waals surface area (Å²) in [5.74, 6) is -0.0129. The van der Waals surface area contributed by atoms with E-state index in [4.69, 9.17) is 0 Å². The summed E-state index contributed by atoms with van der Waals surface area (Å²) in [5.41, 5.74) is 4.50. The lowest BCUT2D eigenvalue weighted by Crippen LogP contribution is -2.24. The number of H-pyrrole nitrogens is 1. The number of nitrogens with zero attached hydrogens (tertiary/aromatic N) is 1. The lowest BCUT2D eigenvalue weighted by atomic mass is 10.2. The number of rotatable bonds is 5. The maximum atomic E-state index is 12.2. The van der Waals surface area contributed by atoms with Crippen LogP contribution in [0.3, 0.4) is 0 Å². The predicted octanol–water partition coefficient (Wildman–Crippen LogP) is 2.49. The van der Waals surface area contributed by atoms with Gasteiger partial charge in [0.15, 0.2) is 0 Å². The van der Waals surface area contributed by atoms with Gasteiger partial charge in [-0.3, -0.25) is 0 Å². The standard InChI is InChI=1S/C16H17N3O2S/c1-12-3-2-4-14(7-12)10-22(20,21)19-9-13-5-6-15-16(8-13)18-11-17-15/h2-8,11,19H,9-10H2,1H3,(H,17,18). The molecule has 0 radical (unpaired) electrons. The first kappa shape index (κ1) is 14.7. The molecule has 3 rings (SSSR count). The van der Waals surface area contributed by atoms with Crippen LogP contribution in [0.25, 0.3) is 11.0 Å². The van der Waals surface area contributed by atoms with Gasteiger partial charge in [-0.15, -0.1) is 0 Å². The smallest absolute Gasteiger partial charge is 0.216 e. The second-order valence-electron chi connectivity index (χ2n) is 5.32. The molecular weight excluding hydrogens is 298 g/mol. The predicted molar refractivity (Wildman–Crippen MR) is 86.7 cm³/mol. The van der Waals surface area contributed by atoms with E-state index in [0.29, 0.717) is 0 Å². The monoisotopic (exact) mass is 315 g/mol. The minimum absolute atomic E-state index is 0.0129. The van der Waals surface area contributed by atoms with Crippen molar-refractivity contribution < 1.29 is 8.42 Å². The molecule has 0 saturated carbocycles. The zero-order chi connectivity index (χ0) is 15.6. The summed E-state index contributed by atoms with van der Waals surface area (Å²) in [7, 11) is -3.37. The summed E-state index contributed by atoms with van der Waals surface area (Å²) in [6.07, 6.45) is 1.62. The Morgan fingerprint density at radius 3 is 2.82 bits per heavy atom. The van der Waals surface area contributed by atoms with Gasteiger partial charge in [0.25, 0.3) is 0 Å². The number of imidazole rings is 1. The largest absolute Gasteiger partial charge is 0.345 e. The maximum absolute atomic E-state index is 12.2. The minimum atomic E-state index is -3.37. The molecule has 3 aromatic rings. The SMILES string of the molecule is Cc1cccc(CS(=O)(=O)NCc2ccc3nc[nH]c3c2)c1. The Morgan fingerprint density at radius 2 is 2.00 bits per heavy atom. The molecule has 2 N–H and O–H groups in total. The molecule has 0 fully saturated rings. The van der Waals surface area contributed by atoms with E-state index in [9.17, 15) is 8.42 Å². The molecule has 0 bridgehead atoms. The number of benzene rings is 2. The van der Waals surface area contributed by atoms with Crippen LogP contribution in [0.15, 0.2) is 48.8 Å². The minimum Gasteiger partial charge on any atom is -0.345 e. The van der Waals surface area contributed by atoms with Crippen LogP contribution in [-0.4, -0.2) is 18.4 Å². The van der Waals surface area contributed by atoms with Gasteiger partial charge < -0.3 is 4.98 Å². The number of aryl methyl sites for hydroxylation is 1. The first-order valence-corrected chi connectivity index (χ1v) is 8.62. The van der Waals surface area contributed by atoms with Gasteiger partial charge in [0.2, 0.25) is 10.0 Å². The van der Waals surface area contributed by atoms with Crippen LogP contribution >= 0.6 is 0 Å². The van der Waals surface area contributed by atoms with Gasteiger partial charge in [0.1, 0.15) is 0 Å². The second kappa shape index (κ2) is 5.90. The highest BCUT2D eigenvalue weighted by atomic mass is 32.2. The van der Waals surface area contributed by atoms with Crippen molar-refractivity contribution in [3.05, 3.63) is 65.5 Å². The van der Waals surface area contributed by atoms with Crippen LogP contribution in [0.4, 0.5) is 0 Å². The fourth-order valence-electron chi connectivity index (χ4n) is 2.36. The summed E-state index contributed by atoms with van der Waals surface area (Å²) < 4.78 is 27.0. The fraction of sp³-hybridized carbons (Fsp3) is 0.188. The molecule has 0 aliphatic rings. The Kier molecular flexibility index (Phi) is 3.96. The number of aromatic amines is 1. The highest BCUT2D eigenvalue weighted by molar-refractivity contribution is 7.88. The van der Waals surface area contributed by atoms with Gasteiger partial charge in [-0.25, -0.2) is 18.1 Å². The van der Waals surface area contributed by atoms with Crippen molar-refractivity contribution in [3.63, 3.8) is 0 Å². The normalized spacial score (nSPS) is 11.9. The summed E-state index contributed by atoms with van der Waals surface area (Å²) in [5, 5.41) is 0. The Balaban J connectivity index is 1.68. The zero-order valence-electron chi connectivity index (χ0n) is 12.2. The van der Waals surface area contributed by atoms with Gasteiger partial charge >= 0.3 is 0 Å². The summed E-state index contributed by atoms with van der Waals surface area (Å²) in [6, 6.07) is 13.2. The van der Waals surface area contributed by atoms with E-state index >= 15 is 0 Å². The van der Waals surface area contributed by atoms with E-state index in [0.717, 1.165) is 27.7 Å². The third-order valence-electron chi connectivity index (χ3n) is 3.42. The van der Waals surface area contributed by atoms with Gasteiger partial charge in [0.05, 0.1) is 23.1 Å². The Labute approximate surface area is 129 Å². The summed E-state index contributed by atoms with van der Waals surface area (Å²) in [6.45, 7) is 2.21. The number of hydrogen-bond acceptors (Lipinski definition) is 3. The van der Waals surface area contributed by atoms with Gasteiger partial charge in [-0.2, -0.15) is 0 Å². The highest BCUT2D eigenvalue weighted by Gasteiger charge is 2.11. The van der Waals surface area contributed by atoms with E-state index in [1.54, 1.807) is 6.33 Å². The van der Waals surface area contributed by atoms with E-state index in [1.165, 1.54) is 0 Å². The molecular formula is C16H17N3O2S. The topological polar surface area (TPSA) is 74.8 Å². The lowest BCUT2D eigenvalue weighted by Gasteiger charge is -2.07. The average Bonchev–Trinajstić information content (AvgIpc) is 2.92. The molecule has 0 atom stereocenters. The molecule has 0 aliphatic heterocycles. The number of hydrogen-bond donors (Lipinski definition) is 2. The molecule has 0 saturated heterocycles. The van der Waals surface area contributed by atoms with Crippen molar-refractivity contribution in [2.24, 2.45) is 0 Å². The molecule has 114 valence electrons. The summed E-state index contributed by atoms with van der Waals surface area (Å²) >= 11 is 0. The maximum Gasteiger partial charge on any atom is 0.216 e. The molecule has 0 amide bonds. The fourth-order valence-corrected chi connectivity index (χ4v) is 3.47. The van der Waals surface area contributed by atoms with Crippen LogP contribution in [-0.2, 0) is 22.3 Å². The number of aromatic nitrogens is 2. The van der Waals surface area contributed by atoms with Crippen molar-refractivity contribution in [3.8, 4) is 0 Å². The Bertz CT molecular complexity index is 900. The van der Waals surface area contributed by atoms with Crippen molar-refractivity contribution in [2.45, 2.75) is 19.2 Å². The van der Waals surface area contributed by atoms with Crippen molar-refractivity contribution in [1.82, 2.24) is 14.7 Å². The molecule has 1 heterocycles. The third-order valence-corrected chi connectivity index (χ3v) is 4.72. The van der Waals surface area contributed by atoms with Crippen LogP contribution in [0.5, 0.6) is 0 Å². The molecule has 6 heteroatoms. The molecule has 2 aromatic carbocycles. The number of fused-ring (bicyclic) bond motifs is 1. The van der Waals surface area contributed by atoms with Crippen molar-refractivity contribution >= 4 is 21.1 Å². The third kappa shape index (κ3) is 3.52. The van der Waals surface area contributed by atoms with E-state index in [-0.39, 0.29) is 12.3 Å². The molecule has 0 spiro atoms. The molecule has 0 aliphatic carbocycles. The Hall–Kier alpha value is -2.18. The summed E-state index contributed by atoms with van der Waals surface area (Å²) in [4.78, 5) is 7.15. The van der Waals surface area contributed by atoms with Crippen LogP contribution in [0, 0.1) is 6.92 Å². The average molecular weight is 315 g/mol. The lowest BCUT2D eigenvalue weighted by molar-refractivity contribution is 0.580. The van der Waals surface area contributed by atoms with Crippen LogP contribution in [0.2, 0.25) is 0 Å². The zero-order valence-corrected chi connectivity index (χ0v) is 13.0. The van der Waals surface area contributed by atoms with Crippen LogP contribution in [0.1, 0.15) is 16.7 Å². The van der Waals surface area contributed by atoms with Crippen molar-refractivity contribution in [2.75, 3.05) is 0 Å². The van der Waals surface area contributed by atoms with Crippen LogP contribution < -0.4 is 4.72 Å². The first-order valence-electron chi connectivity index (χ1n) is 6.97. The Morgan fingerprint density at radius 1 is 1.14 bits per heavy atom. The second-order valence-corrected chi connectivity index (χ2v) is 7.13. The number of sulfonamides is 1. The first-order chi connectivity index (χ1) is 10.5. The number of nitrogens with one attached hydrogen (secondary N) is 2. The molecule has 0 unspecified atom stereocenters. The van der Waals surface area contributed by atoms with E-state index < -0.39 is 10.0 Å². The van der Waals surface area contributed by atoms with Gasteiger partial charge in [-0.05, 0) is 30.2 Å². The highest BCUT2D eigenvalue weighted by Crippen LogP contribution is 2.12. The van der Waals surface area contributed by atoms with Gasteiger partial charge in [-0.1, -0.05) is 35.9 Å². The van der Waals surface area contributed by atoms with E-state index in [1.807, 2.05) is 49.4 Å². The molecule has 1 aromatic heterocycles. The van der Waals surface area contributed by atoms with E-state index in [2.05, 4.69) is 14.7 Å². The van der Waals surface area contributed by atoms with Gasteiger partial charge in [0, 0.05) is 6.54 Å².